The average molecular weight is 466 g/mol. The summed E-state index contributed by atoms with van der Waals surface area (Å²) in [5, 5.41) is 12.9. The number of alkyl halides is 3. The third-order valence-corrected chi connectivity index (χ3v) is 5.92. The summed E-state index contributed by atoms with van der Waals surface area (Å²) in [4.78, 5) is 7.09. The van der Waals surface area contributed by atoms with Crippen molar-refractivity contribution >= 4 is 22.4 Å². The van der Waals surface area contributed by atoms with Gasteiger partial charge in [-0.1, -0.05) is 12.1 Å². The molecule has 5 rings (SSSR count). The van der Waals surface area contributed by atoms with Crippen molar-refractivity contribution < 1.29 is 22.3 Å². The molecule has 0 aliphatic heterocycles. The Morgan fingerprint density at radius 1 is 1.06 bits per heavy atom. The Balaban J connectivity index is 1.25. The average Bonchev–Trinajstić information content (AvgIpc) is 3.15. The van der Waals surface area contributed by atoms with Gasteiger partial charge in [-0.3, -0.25) is 0 Å². The third kappa shape index (κ3) is 4.39. The van der Waals surface area contributed by atoms with E-state index in [1.54, 1.807) is 30.3 Å². The molecule has 2 aromatic carbocycles. The van der Waals surface area contributed by atoms with Crippen LogP contribution < -0.4 is 10.1 Å². The topological polar surface area (TPSA) is 73.7 Å². The molecule has 9 heteroatoms. The van der Waals surface area contributed by atoms with Gasteiger partial charge in [0.2, 0.25) is 0 Å². The number of nitriles is 1. The minimum absolute atomic E-state index is 0.118. The highest BCUT2D eigenvalue weighted by molar-refractivity contribution is 5.84. The van der Waals surface area contributed by atoms with E-state index in [0.717, 1.165) is 17.7 Å². The van der Waals surface area contributed by atoms with Crippen LogP contribution in [0.3, 0.4) is 0 Å². The number of nitrogens with zero attached hydrogens (tertiary/aromatic N) is 2. The van der Waals surface area contributed by atoms with Gasteiger partial charge in [0.25, 0.3) is 0 Å². The van der Waals surface area contributed by atoms with E-state index in [0.29, 0.717) is 41.0 Å². The van der Waals surface area contributed by atoms with Gasteiger partial charge in [0.1, 0.15) is 29.1 Å². The van der Waals surface area contributed by atoms with Crippen molar-refractivity contribution in [2.45, 2.75) is 31.0 Å². The Kier molecular flexibility index (Phi) is 5.36. The van der Waals surface area contributed by atoms with E-state index in [1.807, 2.05) is 6.07 Å². The Morgan fingerprint density at radius 2 is 1.82 bits per heavy atom. The molecule has 0 atom stereocenters. The van der Waals surface area contributed by atoms with Crippen molar-refractivity contribution in [1.82, 2.24) is 9.97 Å². The predicted molar refractivity (Wildman–Crippen MR) is 118 cm³/mol. The van der Waals surface area contributed by atoms with Crippen LogP contribution in [0.15, 0.2) is 60.8 Å². The van der Waals surface area contributed by atoms with Crippen LogP contribution in [-0.4, -0.2) is 16.1 Å². The zero-order chi connectivity index (χ0) is 23.9. The van der Waals surface area contributed by atoms with E-state index < -0.39 is 11.7 Å². The van der Waals surface area contributed by atoms with Crippen LogP contribution >= 0.6 is 0 Å². The van der Waals surface area contributed by atoms with Crippen molar-refractivity contribution in [3.63, 3.8) is 0 Å². The lowest BCUT2D eigenvalue weighted by Crippen LogP contribution is -2.32. The maximum Gasteiger partial charge on any atom is 0.416 e. The fraction of sp³-hybridized carbons (Fsp3) is 0.200. The second-order valence-corrected chi connectivity index (χ2v) is 8.24. The Bertz CT molecular complexity index is 1380. The van der Waals surface area contributed by atoms with E-state index >= 15 is 0 Å². The van der Waals surface area contributed by atoms with Crippen LogP contribution in [0.25, 0.3) is 10.9 Å². The monoisotopic (exact) mass is 466 g/mol. The molecule has 34 heavy (non-hydrogen) atoms. The first kappa shape index (κ1) is 21.8. The molecule has 1 aliphatic rings. The highest BCUT2D eigenvalue weighted by atomic mass is 19.4. The molecule has 172 valence electrons. The van der Waals surface area contributed by atoms with Crippen LogP contribution in [0.2, 0.25) is 0 Å². The summed E-state index contributed by atoms with van der Waals surface area (Å²) in [6.45, 7) is 0. The van der Waals surface area contributed by atoms with Crippen LogP contribution in [0.1, 0.15) is 35.6 Å². The minimum Gasteiger partial charge on any atom is -0.490 e. The molecule has 1 fully saturated rings. The number of nitrogens with one attached hydrogen (secondary N) is 2. The van der Waals surface area contributed by atoms with Gasteiger partial charge in [0.15, 0.2) is 0 Å². The molecule has 1 saturated carbocycles. The molecule has 0 bridgehead atoms. The molecule has 1 aliphatic carbocycles. The third-order valence-electron chi connectivity index (χ3n) is 5.92. The minimum atomic E-state index is -4.35. The molecular weight excluding hydrogens is 448 g/mol. The smallest absolute Gasteiger partial charge is 0.416 e. The molecule has 2 N–H and O–H groups in total. The number of H-pyrrole nitrogens is 1. The van der Waals surface area contributed by atoms with Gasteiger partial charge in [0, 0.05) is 29.4 Å². The highest BCUT2D eigenvalue weighted by Gasteiger charge is 2.34. The van der Waals surface area contributed by atoms with E-state index in [1.165, 1.54) is 18.3 Å². The van der Waals surface area contributed by atoms with Gasteiger partial charge in [-0.15, -0.1) is 0 Å². The quantitative estimate of drug-likeness (QED) is 0.323. The number of anilines is 2. The second kappa shape index (κ2) is 8.37. The zero-order valence-electron chi connectivity index (χ0n) is 17.7. The summed E-state index contributed by atoms with van der Waals surface area (Å²) in [6.07, 6.45) is -1.86. The summed E-state index contributed by atoms with van der Waals surface area (Å²) >= 11 is 0. The largest absolute Gasteiger partial charge is 0.490 e. The van der Waals surface area contributed by atoms with Gasteiger partial charge in [-0.25, -0.2) is 9.37 Å². The van der Waals surface area contributed by atoms with Crippen molar-refractivity contribution in [3.8, 4) is 11.8 Å². The number of fused-ring (bicyclic) bond motifs is 1. The number of hydrogen-bond acceptors (Lipinski definition) is 4. The fourth-order valence-electron chi connectivity index (χ4n) is 4.08. The molecule has 0 unspecified atom stereocenters. The van der Waals surface area contributed by atoms with E-state index in [2.05, 4.69) is 15.3 Å². The summed E-state index contributed by atoms with van der Waals surface area (Å²) in [7, 11) is 0. The molecule has 0 saturated heterocycles. The lowest BCUT2D eigenvalue weighted by atomic mass is 9.77. The Hall–Kier alpha value is -4.06. The molecule has 0 radical (unpaired) electrons. The maximum atomic E-state index is 13.7. The van der Waals surface area contributed by atoms with Gasteiger partial charge < -0.3 is 15.0 Å². The van der Waals surface area contributed by atoms with Gasteiger partial charge >= 0.3 is 6.18 Å². The molecule has 2 heterocycles. The lowest BCUT2D eigenvalue weighted by Gasteiger charge is -2.36. The number of ether oxygens (including phenoxy) is 1. The van der Waals surface area contributed by atoms with Crippen LogP contribution in [-0.2, 0) is 6.18 Å². The molecule has 4 aromatic rings. The van der Waals surface area contributed by atoms with Crippen molar-refractivity contribution in [2.75, 3.05) is 5.32 Å². The number of halogens is 4. The Morgan fingerprint density at radius 3 is 2.53 bits per heavy atom. The molecule has 2 aromatic heterocycles. The van der Waals surface area contributed by atoms with E-state index in [9.17, 15) is 22.8 Å². The fourth-order valence-corrected chi connectivity index (χ4v) is 4.08. The first-order valence-electron chi connectivity index (χ1n) is 10.6. The molecule has 0 amide bonds. The Labute approximate surface area is 192 Å². The van der Waals surface area contributed by atoms with Crippen molar-refractivity contribution in [1.29, 1.82) is 5.26 Å². The number of benzene rings is 2. The standard InChI is InChI=1S/C25H18F4N4O/c26-22-13-31-23-10-17(5-6-21(22)23)32-24-11-20(9-18(12-30)33-24)34-19-7-15(8-19)14-1-3-16(4-2-14)25(27,28)29/h1-6,9-11,13,15,19,31H,7-8H2,(H,32,33)/t15-,19-. The van der Waals surface area contributed by atoms with Crippen LogP contribution in [0.4, 0.5) is 29.1 Å². The van der Waals surface area contributed by atoms with Crippen LogP contribution in [0.5, 0.6) is 5.75 Å². The summed E-state index contributed by atoms with van der Waals surface area (Å²) < 4.78 is 57.9. The van der Waals surface area contributed by atoms with Crippen LogP contribution in [0, 0.1) is 17.1 Å². The molecule has 5 nitrogen and oxygen atoms in total. The number of rotatable bonds is 5. The summed E-state index contributed by atoms with van der Waals surface area (Å²) in [5.74, 6) is 0.656. The normalized spacial score (nSPS) is 17.7. The summed E-state index contributed by atoms with van der Waals surface area (Å²) in [6, 6.07) is 15.5. The zero-order valence-corrected chi connectivity index (χ0v) is 17.7. The van der Waals surface area contributed by atoms with Gasteiger partial charge in [-0.2, -0.15) is 18.4 Å². The second-order valence-electron chi connectivity index (χ2n) is 8.24. The molecular formula is C25H18F4N4O. The highest BCUT2D eigenvalue weighted by Crippen LogP contribution is 2.40. The van der Waals surface area contributed by atoms with Crippen molar-refractivity contribution in [3.05, 3.63) is 83.4 Å². The first-order valence-corrected chi connectivity index (χ1v) is 10.6. The van der Waals surface area contributed by atoms with E-state index in [-0.39, 0.29) is 23.5 Å². The number of aromatic amines is 1. The van der Waals surface area contributed by atoms with Crippen molar-refractivity contribution in [2.24, 2.45) is 0 Å². The maximum absolute atomic E-state index is 13.7. The SMILES string of the molecule is N#Cc1cc(O[C@H]2C[C@H](c3ccc(C(F)(F)F)cc3)C2)cc(Nc2ccc3c(F)c[nH]c3c2)n1. The van der Waals surface area contributed by atoms with Gasteiger partial charge in [-0.05, 0) is 54.7 Å². The summed E-state index contributed by atoms with van der Waals surface area (Å²) in [5.41, 5.74) is 1.64. The van der Waals surface area contributed by atoms with E-state index in [4.69, 9.17) is 4.74 Å². The molecule has 0 spiro atoms. The predicted octanol–water partition coefficient (Wildman–Crippen LogP) is 6.66. The number of pyridine rings is 1. The number of aromatic nitrogens is 2. The lowest BCUT2D eigenvalue weighted by molar-refractivity contribution is -0.137. The van der Waals surface area contributed by atoms with Gasteiger partial charge in [0.05, 0.1) is 17.2 Å². The first-order chi connectivity index (χ1) is 16.3. The number of hydrogen-bond donors (Lipinski definition) is 2.